The zero-order valence-electron chi connectivity index (χ0n) is 19.8. The SMILES string of the molecule is CCOC(=O)C1=C(N)N(c2cccc(Cl)c2C)C2=C(C(=O)CCC2)C12C(=O)Nc1ccc(C)cc12. The van der Waals surface area contributed by atoms with Crippen molar-refractivity contribution in [1.29, 1.82) is 0 Å². The Hall–Kier alpha value is -3.58. The van der Waals surface area contributed by atoms with Crippen LogP contribution in [0.1, 0.15) is 42.9 Å². The van der Waals surface area contributed by atoms with Gasteiger partial charge in [-0.1, -0.05) is 35.4 Å². The summed E-state index contributed by atoms with van der Waals surface area (Å²) >= 11 is 6.44. The zero-order valence-corrected chi connectivity index (χ0v) is 20.6. The highest BCUT2D eigenvalue weighted by Gasteiger charge is 2.62. The van der Waals surface area contributed by atoms with E-state index in [0.717, 1.165) is 11.1 Å². The summed E-state index contributed by atoms with van der Waals surface area (Å²) in [4.78, 5) is 42.9. The lowest BCUT2D eigenvalue weighted by Gasteiger charge is -2.44. The molecule has 2 aromatic rings. The maximum Gasteiger partial charge on any atom is 0.339 e. The maximum atomic E-state index is 13.9. The minimum absolute atomic E-state index is 0.0467. The number of carbonyl (C=O) groups is 3. The monoisotopic (exact) mass is 491 g/mol. The van der Waals surface area contributed by atoms with Crippen LogP contribution in [0.5, 0.6) is 0 Å². The molecule has 0 aromatic heterocycles. The van der Waals surface area contributed by atoms with Crippen LogP contribution in [0.25, 0.3) is 0 Å². The molecule has 0 radical (unpaired) electrons. The van der Waals surface area contributed by atoms with E-state index in [2.05, 4.69) is 5.32 Å². The van der Waals surface area contributed by atoms with Crippen molar-refractivity contribution in [3.05, 3.63) is 80.8 Å². The number of anilines is 2. The molecule has 1 amide bonds. The third kappa shape index (κ3) is 3.14. The number of allylic oxidation sites excluding steroid dienone is 1. The number of benzene rings is 2. The van der Waals surface area contributed by atoms with Gasteiger partial charge in [0.25, 0.3) is 0 Å². The van der Waals surface area contributed by atoms with Crippen LogP contribution in [-0.2, 0) is 24.5 Å². The number of carbonyl (C=O) groups excluding carboxylic acids is 3. The molecule has 35 heavy (non-hydrogen) atoms. The molecule has 2 heterocycles. The van der Waals surface area contributed by atoms with Gasteiger partial charge in [-0.05, 0) is 57.4 Å². The van der Waals surface area contributed by atoms with Crippen molar-refractivity contribution in [2.45, 2.75) is 45.4 Å². The molecule has 0 saturated carbocycles. The van der Waals surface area contributed by atoms with Crippen LogP contribution in [0.3, 0.4) is 0 Å². The fourth-order valence-electron chi connectivity index (χ4n) is 5.54. The Kier molecular flexibility index (Phi) is 5.48. The lowest BCUT2D eigenvalue weighted by Crippen LogP contribution is -2.53. The number of nitrogens with zero attached hydrogens (tertiary/aromatic N) is 1. The maximum absolute atomic E-state index is 13.9. The molecule has 1 atom stereocenters. The molecule has 0 saturated heterocycles. The molecule has 2 aliphatic heterocycles. The normalized spacial score (nSPS) is 21.3. The number of rotatable bonds is 3. The number of hydrogen-bond acceptors (Lipinski definition) is 6. The Morgan fingerprint density at radius 2 is 1.97 bits per heavy atom. The molecular formula is C27H26ClN3O4. The number of aryl methyl sites for hydroxylation is 1. The molecule has 3 aliphatic rings. The predicted octanol–water partition coefficient (Wildman–Crippen LogP) is 4.41. The lowest BCUT2D eigenvalue weighted by molar-refractivity contribution is -0.140. The summed E-state index contributed by atoms with van der Waals surface area (Å²) in [5.74, 6) is -1.33. The zero-order chi connectivity index (χ0) is 25.1. The number of fused-ring (bicyclic) bond motifs is 3. The molecule has 180 valence electrons. The van der Waals surface area contributed by atoms with Crippen molar-refractivity contribution in [2.75, 3.05) is 16.8 Å². The highest BCUT2D eigenvalue weighted by Crippen LogP contribution is 2.56. The van der Waals surface area contributed by atoms with E-state index in [1.165, 1.54) is 0 Å². The van der Waals surface area contributed by atoms with Gasteiger partial charge in [0.1, 0.15) is 16.8 Å². The molecular weight excluding hydrogens is 466 g/mol. The van der Waals surface area contributed by atoms with Crippen LogP contribution < -0.4 is 16.0 Å². The van der Waals surface area contributed by atoms with Gasteiger partial charge in [-0.15, -0.1) is 0 Å². The molecule has 1 aliphatic carbocycles. The highest BCUT2D eigenvalue weighted by molar-refractivity contribution is 6.31. The molecule has 3 N–H and O–H groups in total. The van der Waals surface area contributed by atoms with Gasteiger partial charge < -0.3 is 15.8 Å². The molecule has 1 unspecified atom stereocenters. The summed E-state index contributed by atoms with van der Waals surface area (Å²) in [6.45, 7) is 5.53. The summed E-state index contributed by atoms with van der Waals surface area (Å²) in [5, 5.41) is 3.42. The molecule has 1 spiro atoms. The quantitative estimate of drug-likeness (QED) is 0.617. The van der Waals surface area contributed by atoms with Crippen LogP contribution in [0.15, 0.2) is 59.1 Å². The number of nitrogens with one attached hydrogen (secondary N) is 1. The number of hydrogen-bond donors (Lipinski definition) is 2. The molecule has 0 bridgehead atoms. The van der Waals surface area contributed by atoms with Gasteiger partial charge >= 0.3 is 5.97 Å². The second-order valence-corrected chi connectivity index (χ2v) is 9.46. The fraction of sp³-hybridized carbons (Fsp3) is 0.296. The lowest BCUT2D eigenvalue weighted by atomic mass is 9.63. The van der Waals surface area contributed by atoms with E-state index in [0.29, 0.717) is 40.5 Å². The third-order valence-corrected chi connectivity index (χ3v) is 7.44. The topological polar surface area (TPSA) is 102 Å². The number of amides is 1. The first-order valence-corrected chi connectivity index (χ1v) is 12.0. The van der Waals surface area contributed by atoms with E-state index in [1.54, 1.807) is 30.0 Å². The minimum Gasteiger partial charge on any atom is -0.462 e. The van der Waals surface area contributed by atoms with Crippen LogP contribution in [-0.4, -0.2) is 24.3 Å². The Labute approximate surface area is 208 Å². The summed E-state index contributed by atoms with van der Waals surface area (Å²) in [7, 11) is 0. The van der Waals surface area contributed by atoms with E-state index < -0.39 is 17.3 Å². The van der Waals surface area contributed by atoms with Crippen molar-refractivity contribution in [3.63, 3.8) is 0 Å². The molecule has 8 heteroatoms. The molecule has 5 rings (SSSR count). The van der Waals surface area contributed by atoms with E-state index >= 15 is 0 Å². The average Bonchev–Trinajstić information content (AvgIpc) is 3.08. The molecule has 2 aromatic carbocycles. The number of nitrogens with two attached hydrogens (primary N) is 1. The van der Waals surface area contributed by atoms with Gasteiger partial charge in [-0.25, -0.2) is 4.79 Å². The first-order valence-electron chi connectivity index (χ1n) is 11.6. The Balaban J connectivity index is 1.93. The van der Waals surface area contributed by atoms with E-state index in [4.69, 9.17) is 22.1 Å². The van der Waals surface area contributed by atoms with Gasteiger partial charge in [0.2, 0.25) is 5.91 Å². The standard InChI is InChI=1S/C27H26ClN3O4/c1-4-35-25(33)23-24(29)31(19-8-5-7-17(28)15(19)3)20-9-6-10-21(32)22(20)27(23)16-13-14(2)11-12-18(16)30-26(27)34/h5,7-8,11-13H,4,6,9-10,29H2,1-3H3,(H,30,34). The van der Waals surface area contributed by atoms with Crippen LogP contribution in [0.2, 0.25) is 5.02 Å². The first kappa shape index (κ1) is 23.2. The van der Waals surface area contributed by atoms with Gasteiger partial charge in [0.05, 0.1) is 12.3 Å². The Morgan fingerprint density at radius 3 is 2.71 bits per heavy atom. The van der Waals surface area contributed by atoms with Gasteiger partial charge in [0.15, 0.2) is 5.78 Å². The molecule has 7 nitrogen and oxygen atoms in total. The number of halogens is 1. The summed E-state index contributed by atoms with van der Waals surface area (Å²) in [6.07, 6.45) is 1.39. The number of Topliss-reactive ketones (excluding diaryl/α,β-unsaturated/α-hetero) is 1. The van der Waals surface area contributed by atoms with Crippen LogP contribution in [0, 0.1) is 13.8 Å². The van der Waals surface area contributed by atoms with Gasteiger partial charge in [0, 0.05) is 34.0 Å². The van der Waals surface area contributed by atoms with Crippen molar-refractivity contribution in [3.8, 4) is 0 Å². The van der Waals surface area contributed by atoms with Crippen LogP contribution >= 0.6 is 11.6 Å². The predicted molar refractivity (Wildman–Crippen MR) is 134 cm³/mol. The second-order valence-electron chi connectivity index (χ2n) is 9.05. The molecule has 0 fully saturated rings. The average molecular weight is 492 g/mol. The van der Waals surface area contributed by atoms with Crippen molar-refractivity contribution in [2.24, 2.45) is 5.73 Å². The Morgan fingerprint density at radius 1 is 1.20 bits per heavy atom. The van der Waals surface area contributed by atoms with E-state index in [1.807, 2.05) is 32.0 Å². The highest BCUT2D eigenvalue weighted by atomic mass is 35.5. The van der Waals surface area contributed by atoms with Crippen molar-refractivity contribution >= 4 is 40.6 Å². The van der Waals surface area contributed by atoms with Gasteiger partial charge in [-0.3, -0.25) is 14.5 Å². The smallest absolute Gasteiger partial charge is 0.339 e. The van der Waals surface area contributed by atoms with Gasteiger partial charge in [-0.2, -0.15) is 0 Å². The summed E-state index contributed by atoms with van der Waals surface area (Å²) in [6, 6.07) is 10.9. The van der Waals surface area contributed by atoms with Crippen molar-refractivity contribution < 1.29 is 19.1 Å². The number of esters is 1. The summed E-state index contributed by atoms with van der Waals surface area (Å²) < 4.78 is 5.44. The number of ketones is 1. The largest absolute Gasteiger partial charge is 0.462 e. The van der Waals surface area contributed by atoms with E-state index in [9.17, 15) is 14.4 Å². The van der Waals surface area contributed by atoms with Crippen LogP contribution in [0.4, 0.5) is 11.4 Å². The first-order chi connectivity index (χ1) is 16.7. The Bertz CT molecular complexity index is 1380. The van der Waals surface area contributed by atoms with Crippen molar-refractivity contribution in [1.82, 2.24) is 0 Å². The minimum atomic E-state index is -1.69. The second kappa shape index (κ2) is 8.27. The third-order valence-electron chi connectivity index (χ3n) is 7.03. The van der Waals surface area contributed by atoms with E-state index in [-0.39, 0.29) is 35.8 Å². The number of ether oxygens (including phenoxy) is 1. The fourth-order valence-corrected chi connectivity index (χ4v) is 5.71. The summed E-state index contributed by atoms with van der Waals surface area (Å²) in [5.41, 5.74) is 9.34.